The number of benzene rings is 1. The lowest BCUT2D eigenvalue weighted by Gasteiger charge is -1.92. The maximum absolute atomic E-state index is 10.7. The largest absolute Gasteiger partial charge is 0.478 e. The molecule has 15 heavy (non-hydrogen) atoms. The predicted molar refractivity (Wildman–Crippen MR) is 49.8 cm³/mol. The van der Waals surface area contributed by atoms with Crippen LogP contribution >= 0.6 is 0 Å². The van der Waals surface area contributed by atoms with Crippen LogP contribution in [0, 0.1) is 10.1 Å². The van der Waals surface area contributed by atoms with E-state index >= 15 is 0 Å². The van der Waals surface area contributed by atoms with Gasteiger partial charge in [0.25, 0.3) is 0 Å². The quantitative estimate of drug-likeness (QED) is 0.600. The number of nitrogens with zero attached hydrogens (tertiary/aromatic N) is 1. The zero-order valence-electron chi connectivity index (χ0n) is 7.34. The van der Waals surface area contributed by atoms with E-state index in [4.69, 9.17) is 9.52 Å². The molecule has 1 aromatic heterocycles. The van der Waals surface area contributed by atoms with E-state index < -0.39 is 10.9 Å². The molecule has 0 atom stereocenters. The molecule has 0 aliphatic carbocycles. The highest BCUT2D eigenvalue weighted by molar-refractivity contribution is 6.04. The van der Waals surface area contributed by atoms with Gasteiger partial charge in [-0.3, -0.25) is 10.1 Å². The second-order valence-electron chi connectivity index (χ2n) is 2.87. The first-order chi connectivity index (χ1) is 7.11. The van der Waals surface area contributed by atoms with Crippen molar-refractivity contribution >= 4 is 22.6 Å². The summed E-state index contributed by atoms with van der Waals surface area (Å²) in [6.45, 7) is 0. The Hall–Kier alpha value is -2.37. The lowest BCUT2D eigenvalue weighted by Crippen LogP contribution is -1.94. The maximum Gasteiger partial charge on any atom is 0.339 e. The van der Waals surface area contributed by atoms with Gasteiger partial charge in [0, 0.05) is 11.5 Å². The average molecular weight is 207 g/mol. The zero-order chi connectivity index (χ0) is 11.0. The average Bonchev–Trinajstić information content (AvgIpc) is 2.59. The van der Waals surface area contributed by atoms with Gasteiger partial charge in [0.1, 0.15) is 11.8 Å². The molecule has 0 spiro atoms. The van der Waals surface area contributed by atoms with Gasteiger partial charge in [-0.25, -0.2) is 4.79 Å². The lowest BCUT2D eigenvalue weighted by molar-refractivity contribution is -0.383. The van der Waals surface area contributed by atoms with Crippen molar-refractivity contribution in [3.8, 4) is 0 Å². The molecule has 2 rings (SSSR count). The number of carbonyl (C=O) groups is 1. The molecule has 6 nitrogen and oxygen atoms in total. The number of fused-ring (bicyclic) bond motifs is 1. The van der Waals surface area contributed by atoms with E-state index in [1.54, 1.807) is 0 Å². The summed E-state index contributed by atoms with van der Waals surface area (Å²) in [4.78, 5) is 20.7. The summed E-state index contributed by atoms with van der Waals surface area (Å²) in [6, 6.07) is 4.15. The summed E-state index contributed by atoms with van der Waals surface area (Å²) in [7, 11) is 0. The van der Waals surface area contributed by atoms with Crippen LogP contribution in [-0.2, 0) is 0 Å². The van der Waals surface area contributed by atoms with Gasteiger partial charge < -0.3 is 9.52 Å². The van der Waals surface area contributed by atoms with Crippen LogP contribution in [0.25, 0.3) is 11.0 Å². The van der Waals surface area contributed by atoms with E-state index in [-0.39, 0.29) is 22.2 Å². The maximum atomic E-state index is 10.7. The first-order valence-electron chi connectivity index (χ1n) is 3.99. The minimum Gasteiger partial charge on any atom is -0.478 e. The molecule has 0 fully saturated rings. The number of hydrogen-bond acceptors (Lipinski definition) is 4. The highest BCUT2D eigenvalue weighted by atomic mass is 16.6. The van der Waals surface area contributed by atoms with Gasteiger partial charge in [-0.15, -0.1) is 0 Å². The van der Waals surface area contributed by atoms with Crippen LogP contribution in [-0.4, -0.2) is 16.0 Å². The van der Waals surface area contributed by atoms with Crippen LogP contribution in [0.4, 0.5) is 5.69 Å². The summed E-state index contributed by atoms with van der Waals surface area (Å²) >= 11 is 0. The van der Waals surface area contributed by atoms with Crippen LogP contribution in [0.15, 0.2) is 28.9 Å². The van der Waals surface area contributed by atoms with Crippen molar-refractivity contribution < 1.29 is 19.2 Å². The number of carboxylic acids is 1. The molecule has 0 saturated carbocycles. The van der Waals surface area contributed by atoms with Crippen LogP contribution < -0.4 is 0 Å². The molecule has 6 heteroatoms. The monoisotopic (exact) mass is 207 g/mol. The summed E-state index contributed by atoms with van der Waals surface area (Å²) in [5, 5.41) is 19.6. The highest BCUT2D eigenvalue weighted by Gasteiger charge is 2.19. The molecular weight excluding hydrogens is 202 g/mol. The molecule has 1 aromatic carbocycles. The molecule has 1 heterocycles. The van der Waals surface area contributed by atoms with E-state index in [1.165, 1.54) is 18.2 Å². The molecule has 0 bridgehead atoms. The molecule has 76 valence electrons. The van der Waals surface area contributed by atoms with Crippen molar-refractivity contribution in [3.63, 3.8) is 0 Å². The standard InChI is InChI=1S/C9H5NO5/c11-9(12)6-4-15-8-5(6)2-1-3-7(8)10(13)14/h1-4H,(H,11,12). The Morgan fingerprint density at radius 3 is 2.80 bits per heavy atom. The SMILES string of the molecule is O=C(O)c1coc2c([N+](=O)[O-])cccc12. The Balaban J connectivity index is 2.80. The van der Waals surface area contributed by atoms with Gasteiger partial charge in [-0.2, -0.15) is 0 Å². The number of carboxylic acid groups (broad SMARTS) is 1. The second-order valence-corrected chi connectivity index (χ2v) is 2.87. The van der Waals surface area contributed by atoms with Crippen molar-refractivity contribution in [1.29, 1.82) is 0 Å². The minimum absolute atomic E-state index is 0.0140. The Morgan fingerprint density at radius 2 is 2.20 bits per heavy atom. The first kappa shape index (κ1) is 9.20. The fourth-order valence-electron chi connectivity index (χ4n) is 1.35. The van der Waals surface area contributed by atoms with Crippen LogP contribution in [0.2, 0.25) is 0 Å². The first-order valence-corrected chi connectivity index (χ1v) is 3.99. The molecule has 0 saturated heterocycles. The Morgan fingerprint density at radius 1 is 1.47 bits per heavy atom. The minimum atomic E-state index is -1.17. The number of nitro benzene ring substituents is 1. The molecule has 0 aliphatic rings. The van der Waals surface area contributed by atoms with Crippen LogP contribution in [0.5, 0.6) is 0 Å². The van der Waals surface area contributed by atoms with Gasteiger partial charge in [-0.1, -0.05) is 6.07 Å². The Bertz CT molecular complexity index is 557. The van der Waals surface area contributed by atoms with Crippen molar-refractivity contribution in [2.75, 3.05) is 0 Å². The Labute approximate surface area is 82.9 Å². The highest BCUT2D eigenvalue weighted by Crippen LogP contribution is 2.29. The molecule has 0 aliphatic heterocycles. The number of aromatic carboxylic acids is 1. The number of hydrogen-bond donors (Lipinski definition) is 1. The number of nitro groups is 1. The molecular formula is C9H5NO5. The van der Waals surface area contributed by atoms with Crippen molar-refractivity contribution in [1.82, 2.24) is 0 Å². The smallest absolute Gasteiger partial charge is 0.339 e. The summed E-state index contributed by atoms with van der Waals surface area (Å²) in [6.07, 6.45) is 1.000. The van der Waals surface area contributed by atoms with E-state index in [0.717, 1.165) is 6.26 Å². The fourth-order valence-corrected chi connectivity index (χ4v) is 1.35. The summed E-state index contributed by atoms with van der Waals surface area (Å²) < 4.78 is 4.88. The molecule has 0 amide bonds. The third-order valence-corrected chi connectivity index (χ3v) is 2.01. The number of furan rings is 1. The van der Waals surface area contributed by atoms with Crippen LogP contribution in [0.3, 0.4) is 0 Å². The number of para-hydroxylation sites is 1. The summed E-state index contributed by atoms with van der Waals surface area (Å²) in [5.74, 6) is -1.17. The van der Waals surface area contributed by atoms with Gasteiger partial charge in [0.2, 0.25) is 5.58 Å². The fraction of sp³-hybridized carbons (Fsp3) is 0. The van der Waals surface area contributed by atoms with Crippen molar-refractivity contribution in [3.05, 3.63) is 40.1 Å². The molecule has 2 aromatic rings. The second kappa shape index (κ2) is 3.09. The molecule has 0 unspecified atom stereocenters. The number of non-ortho nitro benzene ring substituents is 1. The van der Waals surface area contributed by atoms with Crippen molar-refractivity contribution in [2.45, 2.75) is 0 Å². The van der Waals surface area contributed by atoms with E-state index in [2.05, 4.69) is 0 Å². The Kier molecular flexibility index (Phi) is 1.89. The van der Waals surface area contributed by atoms with E-state index in [1.807, 2.05) is 0 Å². The van der Waals surface area contributed by atoms with Gasteiger partial charge in [-0.05, 0) is 6.07 Å². The van der Waals surface area contributed by atoms with Gasteiger partial charge >= 0.3 is 11.7 Å². The third-order valence-electron chi connectivity index (χ3n) is 2.01. The normalized spacial score (nSPS) is 10.4. The lowest BCUT2D eigenvalue weighted by atomic mass is 10.1. The predicted octanol–water partition coefficient (Wildman–Crippen LogP) is 2.04. The third kappa shape index (κ3) is 1.32. The van der Waals surface area contributed by atoms with E-state index in [9.17, 15) is 14.9 Å². The molecule has 0 radical (unpaired) electrons. The topological polar surface area (TPSA) is 93.6 Å². The summed E-state index contributed by atoms with van der Waals surface area (Å²) in [5.41, 5.74) is -0.325. The molecule has 1 N–H and O–H groups in total. The van der Waals surface area contributed by atoms with Gasteiger partial charge in [0.05, 0.1) is 4.92 Å². The van der Waals surface area contributed by atoms with E-state index in [0.29, 0.717) is 0 Å². The van der Waals surface area contributed by atoms with Crippen molar-refractivity contribution in [2.24, 2.45) is 0 Å². The van der Waals surface area contributed by atoms with Gasteiger partial charge in [0.15, 0.2) is 0 Å². The number of rotatable bonds is 2. The zero-order valence-corrected chi connectivity index (χ0v) is 7.34. The van der Waals surface area contributed by atoms with Crippen LogP contribution in [0.1, 0.15) is 10.4 Å².